The molecule has 0 heterocycles. The van der Waals surface area contributed by atoms with Crippen LogP contribution >= 0.6 is 0 Å². The van der Waals surface area contributed by atoms with E-state index in [-0.39, 0.29) is 0 Å². The third-order valence-corrected chi connectivity index (χ3v) is 3.00. The first-order chi connectivity index (χ1) is 8.81. The highest BCUT2D eigenvalue weighted by Gasteiger charge is 2.20. The Morgan fingerprint density at radius 2 is 1.26 bits per heavy atom. The molecule has 0 aromatic rings. The van der Waals surface area contributed by atoms with Crippen molar-refractivity contribution in [3.63, 3.8) is 0 Å². The van der Waals surface area contributed by atoms with Crippen LogP contribution in [0.25, 0.3) is 0 Å². The molecule has 0 aliphatic rings. The Morgan fingerprint density at radius 3 is 1.68 bits per heavy atom. The van der Waals surface area contributed by atoms with Gasteiger partial charge >= 0.3 is 7.25 Å². The first-order valence-electron chi connectivity index (χ1n) is 7.47. The van der Waals surface area contributed by atoms with Gasteiger partial charge in [0.25, 0.3) is 0 Å². The van der Waals surface area contributed by atoms with E-state index in [1.165, 1.54) is 57.8 Å². The minimum Gasteiger partial charge on any atom is -0.418 e. The lowest BCUT2D eigenvalue weighted by Gasteiger charge is -2.07. The van der Waals surface area contributed by atoms with Crippen LogP contribution in [-0.4, -0.2) is 13.8 Å². The van der Waals surface area contributed by atoms with Crippen molar-refractivity contribution in [2.24, 2.45) is 5.92 Å². The van der Waals surface area contributed by atoms with E-state index in [4.69, 9.17) is 0 Å². The van der Waals surface area contributed by atoms with Gasteiger partial charge in [-0.25, -0.2) is 0 Å². The fraction of sp³-hybridized carbons (Fsp3) is 1.00. The summed E-state index contributed by atoms with van der Waals surface area (Å²) in [6.07, 6.45) is 12.8. The molecule has 6 heteroatoms. The summed E-state index contributed by atoms with van der Waals surface area (Å²) in [6.45, 7) is 5.75. The number of hydrogen-bond acceptors (Lipinski definition) is 0. The van der Waals surface area contributed by atoms with E-state index in [0.29, 0.717) is 0 Å². The first-order valence-corrected chi connectivity index (χ1v) is 7.47. The quantitative estimate of drug-likeness (QED) is 0.343. The van der Waals surface area contributed by atoms with E-state index < -0.39 is 7.25 Å². The third-order valence-electron chi connectivity index (χ3n) is 3.00. The molecule has 118 valence electrons. The Labute approximate surface area is 115 Å². The number of rotatable bonds is 10. The van der Waals surface area contributed by atoms with Gasteiger partial charge in [-0.3, -0.25) is 0 Å². The summed E-state index contributed by atoms with van der Waals surface area (Å²) in [7, 11) is -6.00. The average molecular weight is 287 g/mol. The van der Waals surface area contributed by atoms with Gasteiger partial charge in [0.05, 0.1) is 6.54 Å². The van der Waals surface area contributed by atoms with Crippen LogP contribution in [0.15, 0.2) is 0 Å². The van der Waals surface area contributed by atoms with Crippen LogP contribution in [-0.2, 0) is 0 Å². The molecule has 0 aromatic carbocycles. The zero-order chi connectivity index (χ0) is 15.1. The SMILES string of the molecule is CCCCCCCCCC(C)CC[NH3+].F[B-](F)(F)F. The van der Waals surface area contributed by atoms with E-state index in [1.54, 1.807) is 0 Å². The Kier molecular flexibility index (Phi) is 15.7. The van der Waals surface area contributed by atoms with Crippen molar-refractivity contribution >= 4 is 7.25 Å². The highest BCUT2D eigenvalue weighted by atomic mass is 19.5. The van der Waals surface area contributed by atoms with E-state index in [9.17, 15) is 17.3 Å². The Hall–Kier alpha value is -0.255. The molecule has 0 rings (SSSR count). The lowest BCUT2D eigenvalue weighted by atomic mass is 9.99. The number of hydrogen-bond donors (Lipinski definition) is 1. The molecule has 0 fully saturated rings. The van der Waals surface area contributed by atoms with Crippen molar-refractivity contribution in [2.75, 3.05) is 6.54 Å². The van der Waals surface area contributed by atoms with Crippen LogP contribution in [0.3, 0.4) is 0 Å². The standard InChI is InChI=1S/C13H29N.BF4/c1-3-4-5-6-7-8-9-10-13(2)11-12-14;2-1(3,4)5/h13H,3-12,14H2,1-2H3;/q;-1/p+1. The van der Waals surface area contributed by atoms with Crippen molar-refractivity contribution in [1.29, 1.82) is 0 Å². The van der Waals surface area contributed by atoms with E-state index >= 15 is 0 Å². The van der Waals surface area contributed by atoms with Crippen molar-refractivity contribution in [2.45, 2.75) is 71.6 Å². The topological polar surface area (TPSA) is 27.6 Å². The highest BCUT2D eigenvalue weighted by molar-refractivity contribution is 6.50. The smallest absolute Gasteiger partial charge is 0.418 e. The first kappa shape index (κ1) is 21.1. The molecule has 0 saturated heterocycles. The van der Waals surface area contributed by atoms with Crippen LogP contribution < -0.4 is 5.73 Å². The summed E-state index contributed by atoms with van der Waals surface area (Å²) in [6, 6.07) is 0. The van der Waals surface area contributed by atoms with Crippen LogP contribution in [0.2, 0.25) is 0 Å². The maximum Gasteiger partial charge on any atom is 0.673 e. The molecule has 0 aliphatic carbocycles. The molecule has 0 spiro atoms. The zero-order valence-corrected chi connectivity index (χ0v) is 12.4. The van der Waals surface area contributed by atoms with Crippen LogP contribution in [0.4, 0.5) is 17.3 Å². The number of quaternary nitrogens is 1. The van der Waals surface area contributed by atoms with E-state index in [0.717, 1.165) is 12.5 Å². The van der Waals surface area contributed by atoms with Crippen molar-refractivity contribution in [3.8, 4) is 0 Å². The van der Waals surface area contributed by atoms with Gasteiger partial charge in [-0.1, -0.05) is 65.2 Å². The molecule has 1 nitrogen and oxygen atoms in total. The second kappa shape index (κ2) is 14.2. The molecule has 0 aliphatic heterocycles. The second-order valence-corrected chi connectivity index (χ2v) is 5.15. The summed E-state index contributed by atoms with van der Waals surface area (Å²) >= 11 is 0. The van der Waals surface area contributed by atoms with Gasteiger partial charge in [0.2, 0.25) is 0 Å². The van der Waals surface area contributed by atoms with Gasteiger partial charge in [0, 0.05) is 0 Å². The number of halogens is 4. The second-order valence-electron chi connectivity index (χ2n) is 5.15. The fourth-order valence-electron chi connectivity index (χ4n) is 1.94. The molecule has 0 aromatic heterocycles. The minimum absolute atomic E-state index is 0.906. The molecule has 3 N–H and O–H groups in total. The molecule has 19 heavy (non-hydrogen) atoms. The maximum atomic E-state index is 9.75. The third kappa shape index (κ3) is 31.9. The predicted molar refractivity (Wildman–Crippen MR) is 74.3 cm³/mol. The van der Waals surface area contributed by atoms with Gasteiger partial charge in [0.15, 0.2) is 0 Å². The van der Waals surface area contributed by atoms with Gasteiger partial charge in [0.1, 0.15) is 0 Å². The Morgan fingerprint density at radius 1 is 0.842 bits per heavy atom. The fourth-order valence-corrected chi connectivity index (χ4v) is 1.94. The molecular formula is C13H30BF4N. The van der Waals surface area contributed by atoms with Gasteiger partial charge in [-0.15, -0.1) is 0 Å². The molecule has 0 radical (unpaired) electrons. The minimum atomic E-state index is -6.00. The lowest BCUT2D eigenvalue weighted by Crippen LogP contribution is -2.50. The molecule has 0 amide bonds. The largest absolute Gasteiger partial charge is 0.673 e. The van der Waals surface area contributed by atoms with Gasteiger partial charge < -0.3 is 23.0 Å². The molecule has 1 unspecified atom stereocenters. The van der Waals surface area contributed by atoms with Crippen LogP contribution in [0, 0.1) is 5.92 Å². The van der Waals surface area contributed by atoms with Gasteiger partial charge in [-0.2, -0.15) is 0 Å². The average Bonchev–Trinajstić information content (AvgIpc) is 2.26. The van der Waals surface area contributed by atoms with E-state index in [2.05, 4.69) is 19.6 Å². The van der Waals surface area contributed by atoms with Crippen LogP contribution in [0.1, 0.15) is 71.6 Å². The van der Waals surface area contributed by atoms with Gasteiger partial charge in [-0.05, 0) is 12.3 Å². The molecule has 1 atom stereocenters. The Balaban J connectivity index is 0. The molecule has 0 saturated carbocycles. The Bertz CT molecular complexity index is 171. The summed E-state index contributed by atoms with van der Waals surface area (Å²) in [4.78, 5) is 0. The normalized spacial score (nSPS) is 12.8. The summed E-state index contributed by atoms with van der Waals surface area (Å²) in [5, 5.41) is 0. The summed E-state index contributed by atoms with van der Waals surface area (Å²) in [5.41, 5.74) is 3.90. The van der Waals surface area contributed by atoms with Crippen molar-refractivity contribution < 1.29 is 23.0 Å². The number of unbranched alkanes of at least 4 members (excludes halogenated alkanes) is 6. The molecule has 0 bridgehead atoms. The summed E-state index contributed by atoms with van der Waals surface area (Å²) < 4.78 is 39.0. The zero-order valence-electron chi connectivity index (χ0n) is 12.4. The highest BCUT2D eigenvalue weighted by Crippen LogP contribution is 2.14. The van der Waals surface area contributed by atoms with E-state index in [1.807, 2.05) is 0 Å². The molecular weight excluding hydrogens is 257 g/mol. The van der Waals surface area contributed by atoms with Crippen molar-refractivity contribution in [1.82, 2.24) is 0 Å². The van der Waals surface area contributed by atoms with Crippen LogP contribution in [0.5, 0.6) is 0 Å². The van der Waals surface area contributed by atoms with Crippen molar-refractivity contribution in [3.05, 3.63) is 0 Å². The monoisotopic (exact) mass is 287 g/mol. The predicted octanol–water partition coefficient (Wildman–Crippen LogP) is 4.70. The summed E-state index contributed by atoms with van der Waals surface area (Å²) in [5.74, 6) is 0.906. The lowest BCUT2D eigenvalue weighted by molar-refractivity contribution is -0.370. The maximum absolute atomic E-state index is 9.75.